The van der Waals surface area contributed by atoms with Crippen LogP contribution in [0.4, 0.5) is 4.39 Å². The second-order valence-corrected chi connectivity index (χ2v) is 8.35. The molecule has 0 saturated carbocycles. The lowest BCUT2D eigenvalue weighted by Crippen LogP contribution is -2.51. The lowest BCUT2D eigenvalue weighted by molar-refractivity contribution is -0.142. The zero-order valence-electron chi connectivity index (χ0n) is 19.2. The second kappa shape index (κ2) is 13.5. The Bertz CT molecular complexity index is 1100. The van der Waals surface area contributed by atoms with Crippen LogP contribution >= 0.6 is 11.6 Å². The number of nitrogens with one attached hydrogen (secondary N) is 1. The highest BCUT2D eigenvalue weighted by atomic mass is 35.5. The van der Waals surface area contributed by atoms with Gasteiger partial charge in [0.2, 0.25) is 5.91 Å². The van der Waals surface area contributed by atoms with Crippen LogP contribution < -0.4 is 10.1 Å². The quantitative estimate of drug-likeness (QED) is 0.370. The predicted molar refractivity (Wildman–Crippen MR) is 133 cm³/mol. The van der Waals surface area contributed by atoms with Crippen LogP contribution in [0.15, 0.2) is 78.9 Å². The molecule has 0 aromatic heterocycles. The number of aliphatic hydroxyl groups is 1. The molecule has 2 amide bonds. The molecule has 0 aliphatic heterocycles. The van der Waals surface area contributed by atoms with Crippen LogP contribution in [0.25, 0.3) is 0 Å². The van der Waals surface area contributed by atoms with Gasteiger partial charge in [-0.3, -0.25) is 9.59 Å². The lowest BCUT2D eigenvalue weighted by Gasteiger charge is -2.31. The number of amides is 2. The van der Waals surface area contributed by atoms with Crippen LogP contribution in [0.2, 0.25) is 5.02 Å². The molecule has 0 bridgehead atoms. The highest BCUT2D eigenvalue weighted by molar-refractivity contribution is 6.32. The second-order valence-electron chi connectivity index (χ2n) is 7.94. The summed E-state index contributed by atoms with van der Waals surface area (Å²) in [5.41, 5.74) is 1.54. The van der Waals surface area contributed by atoms with Gasteiger partial charge in [-0.2, -0.15) is 0 Å². The Morgan fingerprint density at radius 1 is 0.971 bits per heavy atom. The molecule has 0 unspecified atom stereocenters. The maximum Gasteiger partial charge on any atom is 0.261 e. The summed E-state index contributed by atoms with van der Waals surface area (Å²) in [6.07, 6.45) is 0.663. The van der Waals surface area contributed by atoms with Crippen molar-refractivity contribution in [1.29, 1.82) is 0 Å². The third-order valence-corrected chi connectivity index (χ3v) is 5.67. The normalized spacial score (nSPS) is 11.5. The van der Waals surface area contributed by atoms with E-state index in [1.165, 1.54) is 17.0 Å². The van der Waals surface area contributed by atoms with Gasteiger partial charge >= 0.3 is 0 Å². The van der Waals surface area contributed by atoms with Crippen LogP contribution in [0.5, 0.6) is 5.75 Å². The van der Waals surface area contributed by atoms with Crippen molar-refractivity contribution in [1.82, 2.24) is 10.2 Å². The van der Waals surface area contributed by atoms with Crippen molar-refractivity contribution >= 4 is 23.4 Å². The summed E-state index contributed by atoms with van der Waals surface area (Å²) < 4.78 is 19.1. The molecule has 0 aliphatic rings. The summed E-state index contributed by atoms with van der Waals surface area (Å²) in [5.74, 6) is -0.810. The zero-order chi connectivity index (χ0) is 25.0. The fourth-order valence-corrected chi connectivity index (χ4v) is 3.72. The molecule has 0 radical (unpaired) electrons. The minimum absolute atomic E-state index is 0.0620. The summed E-state index contributed by atoms with van der Waals surface area (Å²) in [6, 6.07) is 21.1. The van der Waals surface area contributed by atoms with E-state index < -0.39 is 17.8 Å². The first-order valence-electron chi connectivity index (χ1n) is 11.3. The minimum Gasteiger partial charge on any atom is -0.482 e. The van der Waals surface area contributed by atoms with E-state index in [1.54, 1.807) is 36.4 Å². The number of para-hydroxylation sites is 1. The Kier molecular flexibility index (Phi) is 10.1. The third kappa shape index (κ3) is 8.09. The van der Waals surface area contributed by atoms with Gasteiger partial charge in [-0.1, -0.05) is 66.2 Å². The number of carbonyl (C=O) groups is 2. The summed E-state index contributed by atoms with van der Waals surface area (Å²) in [7, 11) is 0. The van der Waals surface area contributed by atoms with Gasteiger partial charge in [-0.15, -0.1) is 0 Å². The van der Waals surface area contributed by atoms with Crippen molar-refractivity contribution in [3.05, 3.63) is 101 Å². The van der Waals surface area contributed by atoms with Gasteiger partial charge in [0.05, 0.1) is 5.02 Å². The van der Waals surface area contributed by atoms with Gasteiger partial charge in [-0.25, -0.2) is 4.39 Å². The Morgan fingerprint density at radius 3 is 2.34 bits per heavy atom. The van der Waals surface area contributed by atoms with Gasteiger partial charge in [0.15, 0.2) is 6.61 Å². The van der Waals surface area contributed by atoms with E-state index in [4.69, 9.17) is 21.4 Å². The van der Waals surface area contributed by atoms with Crippen molar-refractivity contribution in [2.24, 2.45) is 0 Å². The van der Waals surface area contributed by atoms with Gasteiger partial charge < -0.3 is 20.1 Å². The van der Waals surface area contributed by atoms with Crippen LogP contribution in [-0.2, 0) is 22.6 Å². The SMILES string of the molecule is O=C(NCCCO)[C@@H](Cc1ccccc1)N(Cc1ccc(F)cc1)C(=O)COc1ccccc1Cl. The van der Waals surface area contributed by atoms with Gasteiger partial charge in [0.1, 0.15) is 17.6 Å². The zero-order valence-corrected chi connectivity index (χ0v) is 20.0. The average molecular weight is 499 g/mol. The minimum atomic E-state index is -0.858. The molecule has 0 aliphatic carbocycles. The average Bonchev–Trinajstić information content (AvgIpc) is 2.87. The molecule has 3 aromatic carbocycles. The van der Waals surface area contributed by atoms with Crippen molar-refractivity contribution in [2.45, 2.75) is 25.4 Å². The predicted octanol–water partition coefficient (Wildman–Crippen LogP) is 4.00. The molecule has 1 atom stereocenters. The van der Waals surface area contributed by atoms with E-state index in [0.29, 0.717) is 22.8 Å². The van der Waals surface area contributed by atoms with Crippen LogP contribution in [0.1, 0.15) is 17.5 Å². The summed E-state index contributed by atoms with van der Waals surface area (Å²) >= 11 is 6.15. The van der Waals surface area contributed by atoms with Gasteiger partial charge in [-0.05, 0) is 41.8 Å². The summed E-state index contributed by atoms with van der Waals surface area (Å²) in [6.45, 7) is -0.0427. The summed E-state index contributed by atoms with van der Waals surface area (Å²) in [4.78, 5) is 28.1. The molecule has 3 aromatic rings. The van der Waals surface area contributed by atoms with Crippen molar-refractivity contribution in [3.8, 4) is 5.75 Å². The lowest BCUT2D eigenvalue weighted by atomic mass is 10.0. The van der Waals surface area contributed by atoms with E-state index in [9.17, 15) is 14.0 Å². The number of ether oxygens (including phenoxy) is 1. The maximum atomic E-state index is 13.5. The van der Waals surface area contributed by atoms with E-state index in [0.717, 1.165) is 5.56 Å². The number of hydrogen-bond donors (Lipinski definition) is 2. The first-order valence-corrected chi connectivity index (χ1v) is 11.7. The number of halogens is 2. The third-order valence-electron chi connectivity index (χ3n) is 5.36. The highest BCUT2D eigenvalue weighted by Crippen LogP contribution is 2.23. The number of aliphatic hydroxyl groups excluding tert-OH is 1. The first-order chi connectivity index (χ1) is 17.0. The van der Waals surface area contributed by atoms with Crippen LogP contribution in [0, 0.1) is 5.82 Å². The molecule has 6 nitrogen and oxygen atoms in total. The van der Waals surface area contributed by atoms with E-state index in [-0.39, 0.29) is 38.6 Å². The molecule has 8 heteroatoms. The van der Waals surface area contributed by atoms with Crippen molar-refractivity contribution in [3.63, 3.8) is 0 Å². The molecular weight excluding hydrogens is 471 g/mol. The molecular formula is C27H28ClFN2O4. The first kappa shape index (κ1) is 26.2. The van der Waals surface area contributed by atoms with E-state index in [1.807, 2.05) is 30.3 Å². The fourth-order valence-electron chi connectivity index (χ4n) is 3.53. The standard InChI is InChI=1S/C27H28ClFN2O4/c28-23-9-4-5-10-25(23)35-19-26(33)31(18-21-11-13-22(29)14-12-21)24(27(34)30-15-6-16-32)17-20-7-2-1-3-8-20/h1-5,7-14,24,32H,6,15-19H2,(H,30,34)/t24-/m1/s1. The highest BCUT2D eigenvalue weighted by Gasteiger charge is 2.30. The number of nitrogens with zero attached hydrogens (tertiary/aromatic N) is 1. The molecule has 2 N–H and O–H groups in total. The molecule has 0 spiro atoms. The Morgan fingerprint density at radius 2 is 1.66 bits per heavy atom. The number of benzene rings is 3. The molecule has 3 rings (SSSR count). The van der Waals surface area contributed by atoms with E-state index >= 15 is 0 Å². The van der Waals surface area contributed by atoms with Gasteiger partial charge in [0.25, 0.3) is 5.91 Å². The molecule has 0 fully saturated rings. The summed E-state index contributed by atoms with van der Waals surface area (Å²) in [5, 5.41) is 12.3. The number of hydrogen-bond acceptors (Lipinski definition) is 4. The van der Waals surface area contributed by atoms with Crippen molar-refractivity contribution < 1.29 is 23.8 Å². The fraction of sp³-hybridized carbons (Fsp3) is 0.259. The van der Waals surface area contributed by atoms with Crippen molar-refractivity contribution in [2.75, 3.05) is 19.8 Å². The number of rotatable bonds is 12. The maximum absolute atomic E-state index is 13.5. The van der Waals surface area contributed by atoms with Gasteiger partial charge in [0, 0.05) is 26.1 Å². The molecule has 0 heterocycles. The Labute approximate surface area is 209 Å². The van der Waals surface area contributed by atoms with Crippen LogP contribution in [0.3, 0.4) is 0 Å². The van der Waals surface area contributed by atoms with Crippen LogP contribution in [-0.4, -0.2) is 47.6 Å². The molecule has 35 heavy (non-hydrogen) atoms. The number of carbonyl (C=O) groups excluding carboxylic acids is 2. The smallest absolute Gasteiger partial charge is 0.261 e. The monoisotopic (exact) mass is 498 g/mol. The Hall–Kier alpha value is -3.42. The molecule has 0 saturated heterocycles. The largest absolute Gasteiger partial charge is 0.482 e. The topological polar surface area (TPSA) is 78.9 Å². The molecule has 184 valence electrons. The van der Waals surface area contributed by atoms with E-state index in [2.05, 4.69) is 5.32 Å². The Balaban J connectivity index is 1.88.